The third-order valence-corrected chi connectivity index (χ3v) is 2.12. The van der Waals surface area contributed by atoms with E-state index in [1.165, 1.54) is 0 Å². The summed E-state index contributed by atoms with van der Waals surface area (Å²) >= 11 is 0. The molecule has 0 amide bonds. The van der Waals surface area contributed by atoms with Crippen LogP contribution in [0.2, 0.25) is 0 Å². The number of aliphatic hydroxyl groups is 1. The number of aliphatic carboxylic acids is 3. The van der Waals surface area contributed by atoms with Crippen molar-refractivity contribution in [2.45, 2.75) is 12.5 Å². The van der Waals surface area contributed by atoms with Crippen molar-refractivity contribution in [3.8, 4) is 0 Å². The van der Waals surface area contributed by atoms with Gasteiger partial charge >= 0.3 is 17.9 Å². The lowest BCUT2D eigenvalue weighted by molar-refractivity contribution is -0.158. The van der Waals surface area contributed by atoms with Gasteiger partial charge in [-0.2, -0.15) is 0 Å². The summed E-state index contributed by atoms with van der Waals surface area (Å²) in [7, 11) is 0. The summed E-state index contributed by atoms with van der Waals surface area (Å²) in [6.07, 6.45) is 0. The molecule has 0 bridgehead atoms. The van der Waals surface area contributed by atoms with Crippen molar-refractivity contribution >= 4 is 17.9 Å². The van der Waals surface area contributed by atoms with Gasteiger partial charge in [0.25, 0.3) is 0 Å². The number of aliphatic hydroxyl groups excluding tert-OH is 1. The maximum Gasteiger partial charge on any atom is 0.326 e. The average molecular weight is 235 g/mol. The topological polar surface area (TPSA) is 135 Å². The minimum Gasteiger partial charge on any atom is -0.480 e. The highest BCUT2D eigenvalue weighted by Gasteiger charge is 2.41. The Kier molecular flexibility index (Phi) is 4.86. The van der Waals surface area contributed by atoms with Gasteiger partial charge in [-0.05, 0) is 6.92 Å². The molecule has 0 saturated carbocycles. The fourth-order valence-corrected chi connectivity index (χ4v) is 1.03. The van der Waals surface area contributed by atoms with E-state index in [2.05, 4.69) is 0 Å². The van der Waals surface area contributed by atoms with Crippen LogP contribution in [0.3, 0.4) is 0 Å². The van der Waals surface area contributed by atoms with E-state index >= 15 is 0 Å². The minimum atomic E-state index is -1.93. The van der Waals surface area contributed by atoms with Gasteiger partial charge < -0.3 is 20.4 Å². The van der Waals surface area contributed by atoms with Gasteiger partial charge in [-0.15, -0.1) is 0 Å². The molecular formula is C8H13NO7. The molecule has 0 radical (unpaired) electrons. The highest BCUT2D eigenvalue weighted by atomic mass is 16.4. The molecule has 4 N–H and O–H groups in total. The lowest BCUT2D eigenvalue weighted by Gasteiger charge is -2.33. The fourth-order valence-electron chi connectivity index (χ4n) is 1.03. The molecule has 8 heteroatoms. The van der Waals surface area contributed by atoms with Crippen LogP contribution in [0.25, 0.3) is 0 Å². The van der Waals surface area contributed by atoms with Crippen LogP contribution in [-0.4, -0.2) is 68.5 Å². The average Bonchev–Trinajstić information content (AvgIpc) is 2.13. The molecule has 0 heterocycles. The van der Waals surface area contributed by atoms with E-state index in [0.717, 1.165) is 6.92 Å². The summed E-state index contributed by atoms with van der Waals surface area (Å²) in [6, 6.07) is 0. The number of carboxylic acids is 3. The highest BCUT2D eigenvalue weighted by Crippen LogP contribution is 2.14. The standard InChI is InChI=1S/C8H13NO7/c1-8(4-10,7(15)16)9(2-5(11)12)3-6(13)14/h10H,2-4H2,1H3,(H,11,12)(H,13,14)(H,15,16). The molecule has 0 aromatic heterocycles. The molecule has 0 aliphatic carbocycles. The molecule has 0 fully saturated rings. The monoisotopic (exact) mass is 235 g/mol. The number of hydrogen-bond donors (Lipinski definition) is 4. The zero-order chi connectivity index (χ0) is 12.9. The molecule has 0 saturated heterocycles. The first-order valence-corrected chi connectivity index (χ1v) is 4.27. The first-order chi connectivity index (χ1) is 7.24. The van der Waals surface area contributed by atoms with E-state index in [1.54, 1.807) is 0 Å². The van der Waals surface area contributed by atoms with Crippen LogP contribution in [0.4, 0.5) is 0 Å². The van der Waals surface area contributed by atoms with Crippen molar-refractivity contribution in [2.75, 3.05) is 19.7 Å². The highest BCUT2D eigenvalue weighted by molar-refractivity contribution is 5.81. The van der Waals surface area contributed by atoms with Crippen molar-refractivity contribution < 1.29 is 34.8 Å². The van der Waals surface area contributed by atoms with Crippen molar-refractivity contribution in [3.05, 3.63) is 0 Å². The van der Waals surface area contributed by atoms with Gasteiger partial charge in [0.1, 0.15) is 5.54 Å². The molecule has 0 aliphatic rings. The quantitative estimate of drug-likeness (QED) is 0.409. The van der Waals surface area contributed by atoms with E-state index in [0.29, 0.717) is 4.90 Å². The predicted octanol–water partition coefficient (Wildman–Crippen LogP) is -1.71. The van der Waals surface area contributed by atoms with Crippen LogP contribution in [0, 0.1) is 0 Å². The van der Waals surface area contributed by atoms with E-state index in [9.17, 15) is 14.4 Å². The van der Waals surface area contributed by atoms with Gasteiger partial charge in [0.2, 0.25) is 0 Å². The van der Waals surface area contributed by atoms with Gasteiger partial charge in [0.05, 0.1) is 19.7 Å². The summed E-state index contributed by atoms with van der Waals surface area (Å²) in [5, 5.41) is 34.8. The van der Waals surface area contributed by atoms with E-state index in [-0.39, 0.29) is 0 Å². The smallest absolute Gasteiger partial charge is 0.326 e. The van der Waals surface area contributed by atoms with E-state index < -0.39 is 43.1 Å². The van der Waals surface area contributed by atoms with Gasteiger partial charge in [-0.25, -0.2) is 0 Å². The van der Waals surface area contributed by atoms with Crippen LogP contribution in [0.15, 0.2) is 0 Å². The van der Waals surface area contributed by atoms with Gasteiger partial charge in [-0.1, -0.05) is 0 Å². The van der Waals surface area contributed by atoms with Crippen LogP contribution >= 0.6 is 0 Å². The first-order valence-electron chi connectivity index (χ1n) is 4.27. The zero-order valence-corrected chi connectivity index (χ0v) is 8.58. The third-order valence-electron chi connectivity index (χ3n) is 2.12. The van der Waals surface area contributed by atoms with Gasteiger partial charge in [-0.3, -0.25) is 19.3 Å². The Hall–Kier alpha value is -1.67. The minimum absolute atomic E-state index is 0.667. The summed E-state index contributed by atoms with van der Waals surface area (Å²) < 4.78 is 0. The van der Waals surface area contributed by atoms with Crippen LogP contribution < -0.4 is 0 Å². The number of rotatable bonds is 7. The second-order valence-electron chi connectivity index (χ2n) is 3.38. The van der Waals surface area contributed by atoms with Crippen molar-refractivity contribution in [1.82, 2.24) is 4.90 Å². The number of carboxylic acid groups (broad SMARTS) is 3. The molecule has 0 aliphatic heterocycles. The van der Waals surface area contributed by atoms with Crippen molar-refractivity contribution in [1.29, 1.82) is 0 Å². The Morgan fingerprint density at radius 2 is 1.44 bits per heavy atom. The molecule has 1 unspecified atom stereocenters. The molecule has 0 rings (SSSR count). The number of nitrogens with zero attached hydrogens (tertiary/aromatic N) is 1. The normalized spacial score (nSPS) is 14.4. The van der Waals surface area contributed by atoms with Gasteiger partial charge in [0.15, 0.2) is 0 Å². The molecule has 16 heavy (non-hydrogen) atoms. The summed E-state index contributed by atoms with van der Waals surface area (Å²) in [5.74, 6) is -4.23. The largest absolute Gasteiger partial charge is 0.480 e. The maximum absolute atomic E-state index is 10.9. The first kappa shape index (κ1) is 14.3. The van der Waals surface area contributed by atoms with E-state index in [1.807, 2.05) is 0 Å². The second-order valence-corrected chi connectivity index (χ2v) is 3.38. The molecule has 0 spiro atoms. The SMILES string of the molecule is CC(CO)(C(=O)O)N(CC(=O)O)CC(=O)O. The molecule has 1 atom stereocenters. The van der Waals surface area contributed by atoms with Crippen LogP contribution in [-0.2, 0) is 14.4 Å². The Morgan fingerprint density at radius 3 is 1.62 bits per heavy atom. The molecule has 8 nitrogen and oxygen atoms in total. The predicted molar refractivity (Wildman–Crippen MR) is 50.0 cm³/mol. The van der Waals surface area contributed by atoms with Crippen LogP contribution in [0.5, 0.6) is 0 Å². The zero-order valence-electron chi connectivity index (χ0n) is 8.58. The molecular weight excluding hydrogens is 222 g/mol. The van der Waals surface area contributed by atoms with E-state index in [4.69, 9.17) is 20.4 Å². The summed E-state index contributed by atoms with van der Waals surface area (Å²) in [4.78, 5) is 32.5. The molecule has 0 aromatic carbocycles. The lowest BCUT2D eigenvalue weighted by atomic mass is 10.0. The Morgan fingerprint density at radius 1 is 1.06 bits per heavy atom. The Bertz CT molecular complexity index is 287. The summed E-state index contributed by atoms with van der Waals surface area (Å²) in [5.41, 5.74) is -1.93. The Balaban J connectivity index is 5.03. The van der Waals surface area contributed by atoms with Gasteiger partial charge in [0, 0.05) is 0 Å². The number of hydrogen-bond acceptors (Lipinski definition) is 5. The van der Waals surface area contributed by atoms with Crippen LogP contribution in [0.1, 0.15) is 6.92 Å². The summed E-state index contributed by atoms with van der Waals surface area (Å²) in [6.45, 7) is -1.39. The number of carbonyl (C=O) groups is 3. The maximum atomic E-state index is 10.9. The Labute approximate surface area is 90.7 Å². The van der Waals surface area contributed by atoms with Crippen molar-refractivity contribution in [3.63, 3.8) is 0 Å². The third kappa shape index (κ3) is 3.48. The van der Waals surface area contributed by atoms with Crippen molar-refractivity contribution in [2.24, 2.45) is 0 Å². The molecule has 0 aromatic rings. The fraction of sp³-hybridized carbons (Fsp3) is 0.625. The molecule has 92 valence electrons. The lowest BCUT2D eigenvalue weighted by Crippen LogP contribution is -2.58. The second kappa shape index (κ2) is 5.42.